The number of ether oxygens (including phenoxy) is 2. The highest BCUT2D eigenvalue weighted by Crippen LogP contribution is 2.33. The summed E-state index contributed by atoms with van der Waals surface area (Å²) in [7, 11) is 0. The minimum Gasteiger partial charge on any atom is -0.486 e. The summed E-state index contributed by atoms with van der Waals surface area (Å²) >= 11 is 0. The lowest BCUT2D eigenvalue weighted by Crippen LogP contribution is -2.28. The van der Waals surface area contributed by atoms with Gasteiger partial charge in [0.15, 0.2) is 11.5 Å². The predicted octanol–water partition coefficient (Wildman–Crippen LogP) is 2.30. The largest absolute Gasteiger partial charge is 0.486 e. The average Bonchev–Trinajstić information content (AvgIpc) is 2.66. The Labute approximate surface area is 153 Å². The number of benzene rings is 2. The summed E-state index contributed by atoms with van der Waals surface area (Å²) in [6, 6.07) is 11.0. The summed E-state index contributed by atoms with van der Waals surface area (Å²) in [5, 5.41) is 3.51. The van der Waals surface area contributed by atoms with Gasteiger partial charge in [-0.2, -0.15) is 0 Å². The molecule has 0 radical (unpaired) electrons. The van der Waals surface area contributed by atoms with E-state index in [0.29, 0.717) is 41.4 Å². The van der Waals surface area contributed by atoms with Crippen molar-refractivity contribution in [2.75, 3.05) is 13.2 Å². The van der Waals surface area contributed by atoms with Crippen molar-refractivity contribution in [2.24, 2.45) is 0 Å². The Bertz CT molecular complexity index is 1060. The number of nitrogens with one attached hydrogen (secondary N) is 2. The van der Waals surface area contributed by atoms with E-state index in [-0.39, 0.29) is 30.2 Å². The van der Waals surface area contributed by atoms with E-state index in [2.05, 4.69) is 10.3 Å². The molecule has 0 bridgehead atoms. The van der Waals surface area contributed by atoms with Crippen molar-refractivity contribution in [1.29, 1.82) is 0 Å². The number of fused-ring (bicyclic) bond motifs is 2. The van der Waals surface area contributed by atoms with E-state index in [1.807, 2.05) is 6.07 Å². The zero-order valence-electron chi connectivity index (χ0n) is 14.4. The highest BCUT2D eigenvalue weighted by molar-refractivity contribution is 5.83. The molecular formula is C20H17FN2O4. The highest BCUT2D eigenvalue weighted by Gasteiger charge is 2.14. The standard InChI is InChI=1S/C20H17FN2O4/c21-15-3-1-12(2-4-15)7-19(24)22-11-14-8-13-9-17-18(27-6-5-26-17)10-16(13)23-20(14)25/h1-4,8-10H,5-7,11H2,(H,22,24)(H,23,25). The van der Waals surface area contributed by atoms with Gasteiger partial charge in [0, 0.05) is 23.6 Å². The van der Waals surface area contributed by atoms with E-state index in [0.717, 1.165) is 5.39 Å². The minimum absolute atomic E-state index is 0.0970. The third-order valence-electron chi connectivity index (χ3n) is 4.34. The van der Waals surface area contributed by atoms with Crippen molar-refractivity contribution in [1.82, 2.24) is 10.3 Å². The molecule has 1 aliphatic heterocycles. The smallest absolute Gasteiger partial charge is 0.253 e. The molecule has 1 amide bonds. The number of rotatable bonds is 4. The van der Waals surface area contributed by atoms with E-state index in [4.69, 9.17) is 9.47 Å². The number of aromatic nitrogens is 1. The number of H-pyrrole nitrogens is 1. The topological polar surface area (TPSA) is 80.4 Å². The first kappa shape index (κ1) is 17.1. The molecule has 0 saturated carbocycles. The van der Waals surface area contributed by atoms with E-state index >= 15 is 0 Å². The minimum atomic E-state index is -0.349. The molecule has 0 spiro atoms. The Hall–Kier alpha value is -3.35. The molecule has 27 heavy (non-hydrogen) atoms. The first-order valence-corrected chi connectivity index (χ1v) is 8.55. The number of hydrogen-bond acceptors (Lipinski definition) is 4. The van der Waals surface area contributed by atoms with Crippen LogP contribution in [0, 0.1) is 5.82 Å². The van der Waals surface area contributed by atoms with Gasteiger partial charge < -0.3 is 19.8 Å². The van der Waals surface area contributed by atoms with E-state index in [1.165, 1.54) is 12.1 Å². The van der Waals surface area contributed by atoms with E-state index in [9.17, 15) is 14.0 Å². The number of aromatic amines is 1. The molecule has 1 aromatic heterocycles. The number of halogens is 1. The Morgan fingerprint density at radius 1 is 1.07 bits per heavy atom. The summed E-state index contributed by atoms with van der Waals surface area (Å²) < 4.78 is 24.0. The second-order valence-electron chi connectivity index (χ2n) is 6.29. The number of amides is 1. The van der Waals surface area contributed by atoms with Crippen LogP contribution < -0.4 is 20.3 Å². The van der Waals surface area contributed by atoms with Crippen LogP contribution in [0.3, 0.4) is 0 Å². The molecule has 2 aromatic carbocycles. The normalized spacial score (nSPS) is 12.8. The van der Waals surface area contributed by atoms with Gasteiger partial charge in [-0.3, -0.25) is 9.59 Å². The molecule has 1 aliphatic rings. The Morgan fingerprint density at radius 3 is 2.52 bits per heavy atom. The summed E-state index contributed by atoms with van der Waals surface area (Å²) in [5.74, 6) is 0.638. The maximum absolute atomic E-state index is 12.9. The Morgan fingerprint density at radius 2 is 1.78 bits per heavy atom. The summed E-state index contributed by atoms with van der Waals surface area (Å²) in [5.41, 5.74) is 1.50. The van der Waals surface area contributed by atoms with Crippen LogP contribution in [-0.2, 0) is 17.8 Å². The fourth-order valence-corrected chi connectivity index (χ4v) is 2.96. The summed E-state index contributed by atoms with van der Waals surface area (Å²) in [6.07, 6.45) is 0.116. The van der Waals surface area contributed by atoms with Crippen LogP contribution in [0.5, 0.6) is 11.5 Å². The number of carbonyl (C=O) groups excluding carboxylic acids is 1. The summed E-state index contributed by atoms with van der Waals surface area (Å²) in [6.45, 7) is 1.05. The lowest BCUT2D eigenvalue weighted by molar-refractivity contribution is -0.120. The van der Waals surface area contributed by atoms with Gasteiger partial charge in [0.1, 0.15) is 19.0 Å². The van der Waals surface area contributed by atoms with Crippen LogP contribution in [0.25, 0.3) is 10.9 Å². The van der Waals surface area contributed by atoms with Crippen LogP contribution in [0.15, 0.2) is 47.3 Å². The SMILES string of the molecule is O=C(Cc1ccc(F)cc1)NCc1cc2cc3c(cc2[nH]c1=O)OCCO3. The number of carbonyl (C=O) groups is 1. The first-order chi connectivity index (χ1) is 13.1. The van der Waals surface area contributed by atoms with E-state index in [1.54, 1.807) is 24.3 Å². The first-order valence-electron chi connectivity index (χ1n) is 8.55. The maximum atomic E-state index is 12.9. The lowest BCUT2D eigenvalue weighted by atomic mass is 10.1. The maximum Gasteiger partial charge on any atom is 0.253 e. The third-order valence-corrected chi connectivity index (χ3v) is 4.34. The van der Waals surface area contributed by atoms with Gasteiger partial charge in [0.05, 0.1) is 11.9 Å². The third kappa shape index (κ3) is 3.76. The average molecular weight is 368 g/mol. The zero-order valence-corrected chi connectivity index (χ0v) is 14.4. The van der Waals surface area contributed by atoms with Gasteiger partial charge in [-0.15, -0.1) is 0 Å². The molecule has 2 N–H and O–H groups in total. The molecule has 3 aromatic rings. The monoisotopic (exact) mass is 368 g/mol. The molecule has 0 unspecified atom stereocenters. The van der Waals surface area contributed by atoms with Gasteiger partial charge in [0.2, 0.25) is 5.91 Å². The van der Waals surface area contributed by atoms with Crippen molar-refractivity contribution in [3.8, 4) is 11.5 Å². The van der Waals surface area contributed by atoms with Gasteiger partial charge in [-0.05, 0) is 29.8 Å². The summed E-state index contributed by atoms with van der Waals surface area (Å²) in [4.78, 5) is 27.2. The lowest BCUT2D eigenvalue weighted by Gasteiger charge is -2.18. The fraction of sp³-hybridized carbons (Fsp3) is 0.200. The zero-order chi connectivity index (χ0) is 18.8. The molecule has 6 nitrogen and oxygen atoms in total. The number of hydrogen-bond donors (Lipinski definition) is 2. The second kappa shape index (κ2) is 7.11. The van der Waals surface area contributed by atoms with Gasteiger partial charge in [0.25, 0.3) is 5.56 Å². The molecule has 7 heteroatoms. The van der Waals surface area contributed by atoms with Crippen molar-refractivity contribution >= 4 is 16.8 Å². The van der Waals surface area contributed by atoms with E-state index < -0.39 is 0 Å². The predicted molar refractivity (Wildman–Crippen MR) is 97.5 cm³/mol. The van der Waals surface area contributed by atoms with Crippen LogP contribution in [-0.4, -0.2) is 24.1 Å². The number of pyridine rings is 1. The van der Waals surface area contributed by atoms with Gasteiger partial charge in [-0.25, -0.2) is 4.39 Å². The van der Waals surface area contributed by atoms with Crippen LogP contribution >= 0.6 is 0 Å². The molecule has 138 valence electrons. The van der Waals surface area contributed by atoms with Crippen molar-refractivity contribution in [3.05, 3.63) is 69.8 Å². The Balaban J connectivity index is 1.49. The van der Waals surface area contributed by atoms with Crippen molar-refractivity contribution < 1.29 is 18.7 Å². The van der Waals surface area contributed by atoms with Crippen LogP contribution in [0.4, 0.5) is 4.39 Å². The van der Waals surface area contributed by atoms with Crippen molar-refractivity contribution in [2.45, 2.75) is 13.0 Å². The molecule has 0 fully saturated rings. The quantitative estimate of drug-likeness (QED) is 0.741. The Kier molecular flexibility index (Phi) is 4.50. The molecule has 4 rings (SSSR count). The molecule has 2 heterocycles. The molecule has 0 atom stereocenters. The second-order valence-corrected chi connectivity index (χ2v) is 6.29. The molecule has 0 saturated heterocycles. The van der Waals surface area contributed by atoms with Crippen molar-refractivity contribution in [3.63, 3.8) is 0 Å². The van der Waals surface area contributed by atoms with Crippen LogP contribution in [0.2, 0.25) is 0 Å². The fourth-order valence-electron chi connectivity index (χ4n) is 2.96. The van der Waals surface area contributed by atoms with Gasteiger partial charge >= 0.3 is 0 Å². The van der Waals surface area contributed by atoms with Crippen LogP contribution in [0.1, 0.15) is 11.1 Å². The molecular weight excluding hydrogens is 351 g/mol. The highest BCUT2D eigenvalue weighted by atomic mass is 19.1. The molecule has 0 aliphatic carbocycles. The van der Waals surface area contributed by atoms with Gasteiger partial charge in [-0.1, -0.05) is 12.1 Å².